The lowest BCUT2D eigenvalue weighted by Gasteiger charge is -2.26. The second kappa shape index (κ2) is 12.7. The van der Waals surface area contributed by atoms with Crippen molar-refractivity contribution in [1.82, 2.24) is 14.3 Å². The third-order valence-corrected chi connectivity index (χ3v) is 7.77. The number of morpholine rings is 1. The third-order valence-electron chi connectivity index (χ3n) is 7.77. The number of rotatable bonds is 10. The molecule has 0 radical (unpaired) electrons. The smallest absolute Gasteiger partial charge is 0.159 e. The van der Waals surface area contributed by atoms with E-state index in [-0.39, 0.29) is 5.78 Å². The molecule has 0 saturated carbocycles. The Morgan fingerprint density at radius 1 is 0.791 bits per heavy atom. The van der Waals surface area contributed by atoms with Crippen LogP contribution in [0.3, 0.4) is 0 Å². The minimum Gasteiger partial charge on any atom is -0.497 e. The van der Waals surface area contributed by atoms with E-state index in [9.17, 15) is 4.79 Å². The standard InChI is InChI=1S/C35H35N3O5/c1-24(39)25-4-6-26(7-5-25)33-20-29(28-18-31(40-2)21-32(19-28)41-3)22-38-23-34(36-35(33)38)27-8-10-30(11-9-27)43-17-14-37-12-15-42-16-13-37/h4-11,18-23H,12-17H2,1-3H3. The highest BCUT2D eigenvalue weighted by molar-refractivity contribution is 5.95. The van der Waals surface area contributed by atoms with Crippen molar-refractivity contribution >= 4 is 11.4 Å². The molecule has 6 rings (SSSR count). The summed E-state index contributed by atoms with van der Waals surface area (Å²) in [5, 5.41) is 0. The molecule has 0 aliphatic carbocycles. The van der Waals surface area contributed by atoms with Crippen LogP contribution in [0.5, 0.6) is 17.2 Å². The molecule has 8 nitrogen and oxygen atoms in total. The Morgan fingerprint density at radius 2 is 1.47 bits per heavy atom. The SMILES string of the molecule is COc1cc(OC)cc(-c2cc(-c3ccc(C(C)=O)cc3)c3nc(-c4ccc(OCCN5CCOCC5)cc4)cn3c2)c1. The molecule has 1 aliphatic heterocycles. The van der Waals surface area contributed by atoms with E-state index < -0.39 is 0 Å². The van der Waals surface area contributed by atoms with Crippen LogP contribution in [0.15, 0.2) is 85.2 Å². The predicted octanol–water partition coefficient (Wildman–Crippen LogP) is 6.27. The Balaban J connectivity index is 1.34. The molecule has 1 aliphatic rings. The first kappa shape index (κ1) is 28.5. The maximum atomic E-state index is 11.9. The van der Waals surface area contributed by atoms with E-state index >= 15 is 0 Å². The molecule has 3 aromatic carbocycles. The Morgan fingerprint density at radius 3 is 2.12 bits per heavy atom. The second-order valence-electron chi connectivity index (χ2n) is 10.6. The molecule has 0 N–H and O–H groups in total. The number of aromatic nitrogens is 2. The number of nitrogens with zero attached hydrogens (tertiary/aromatic N) is 3. The number of carbonyl (C=O) groups is 1. The number of hydrogen-bond acceptors (Lipinski definition) is 7. The average Bonchev–Trinajstić information content (AvgIpc) is 3.49. The molecule has 1 saturated heterocycles. The molecule has 43 heavy (non-hydrogen) atoms. The molecular weight excluding hydrogens is 542 g/mol. The van der Waals surface area contributed by atoms with Crippen molar-refractivity contribution in [2.45, 2.75) is 6.92 Å². The summed E-state index contributed by atoms with van der Waals surface area (Å²) >= 11 is 0. The number of fused-ring (bicyclic) bond motifs is 1. The van der Waals surface area contributed by atoms with Crippen LogP contribution >= 0.6 is 0 Å². The van der Waals surface area contributed by atoms with Crippen LogP contribution in [0.4, 0.5) is 0 Å². The molecule has 1 fully saturated rings. The number of methoxy groups -OCH3 is 2. The minimum absolute atomic E-state index is 0.0329. The van der Waals surface area contributed by atoms with Crippen LogP contribution in [0, 0.1) is 0 Å². The van der Waals surface area contributed by atoms with Crippen molar-refractivity contribution in [2.75, 3.05) is 53.7 Å². The van der Waals surface area contributed by atoms with E-state index in [2.05, 4.69) is 21.6 Å². The molecule has 0 amide bonds. The van der Waals surface area contributed by atoms with Gasteiger partial charge in [-0.2, -0.15) is 0 Å². The van der Waals surface area contributed by atoms with Crippen molar-refractivity contribution in [3.63, 3.8) is 0 Å². The highest BCUT2D eigenvalue weighted by atomic mass is 16.5. The number of ether oxygens (including phenoxy) is 4. The first-order valence-electron chi connectivity index (χ1n) is 14.4. The summed E-state index contributed by atoms with van der Waals surface area (Å²) in [7, 11) is 3.29. The zero-order chi connectivity index (χ0) is 29.8. The van der Waals surface area contributed by atoms with Crippen molar-refractivity contribution in [2.24, 2.45) is 0 Å². The van der Waals surface area contributed by atoms with Gasteiger partial charge in [0, 0.05) is 54.8 Å². The van der Waals surface area contributed by atoms with Gasteiger partial charge in [0.25, 0.3) is 0 Å². The Hall–Kier alpha value is -4.66. The Kier molecular flexibility index (Phi) is 8.40. The number of hydrogen-bond donors (Lipinski definition) is 0. The fraction of sp³-hybridized carbons (Fsp3) is 0.257. The average molecular weight is 578 g/mol. The van der Waals surface area contributed by atoms with E-state index in [1.165, 1.54) is 0 Å². The summed E-state index contributed by atoms with van der Waals surface area (Å²) in [5.41, 5.74) is 7.17. The van der Waals surface area contributed by atoms with E-state index in [0.717, 1.165) is 77.8 Å². The topological polar surface area (TPSA) is 74.5 Å². The van der Waals surface area contributed by atoms with Crippen molar-refractivity contribution in [3.05, 3.63) is 90.8 Å². The van der Waals surface area contributed by atoms with E-state index in [1.54, 1.807) is 21.1 Å². The fourth-order valence-electron chi connectivity index (χ4n) is 5.31. The second-order valence-corrected chi connectivity index (χ2v) is 10.6. The van der Waals surface area contributed by atoms with E-state index in [4.69, 9.17) is 23.9 Å². The van der Waals surface area contributed by atoms with Crippen LogP contribution in [0.25, 0.3) is 39.2 Å². The largest absolute Gasteiger partial charge is 0.497 e. The first-order chi connectivity index (χ1) is 21.0. The summed E-state index contributed by atoms with van der Waals surface area (Å²) in [6, 6.07) is 23.7. The summed E-state index contributed by atoms with van der Waals surface area (Å²) in [6.07, 6.45) is 4.11. The quantitative estimate of drug-likeness (QED) is 0.181. The third kappa shape index (κ3) is 6.40. The summed E-state index contributed by atoms with van der Waals surface area (Å²) in [4.78, 5) is 19.3. The number of Topliss-reactive ketones (excluding diaryl/α,β-unsaturated/α-hetero) is 1. The summed E-state index contributed by atoms with van der Waals surface area (Å²) in [5.74, 6) is 2.28. The lowest BCUT2D eigenvalue weighted by molar-refractivity contribution is 0.0322. The van der Waals surface area contributed by atoms with Gasteiger partial charge in [-0.25, -0.2) is 4.98 Å². The molecule has 5 aromatic rings. The van der Waals surface area contributed by atoms with Gasteiger partial charge < -0.3 is 23.3 Å². The van der Waals surface area contributed by atoms with Crippen LogP contribution in [-0.4, -0.2) is 73.7 Å². The lowest BCUT2D eigenvalue weighted by atomic mass is 9.99. The van der Waals surface area contributed by atoms with Crippen LogP contribution in [0.2, 0.25) is 0 Å². The number of benzene rings is 3. The fourth-order valence-corrected chi connectivity index (χ4v) is 5.31. The Labute approximate surface area is 251 Å². The predicted molar refractivity (Wildman–Crippen MR) is 167 cm³/mol. The maximum Gasteiger partial charge on any atom is 0.159 e. The van der Waals surface area contributed by atoms with Crippen molar-refractivity contribution in [3.8, 4) is 50.8 Å². The molecule has 8 heteroatoms. The van der Waals surface area contributed by atoms with Gasteiger partial charge in [-0.1, -0.05) is 24.3 Å². The van der Waals surface area contributed by atoms with Crippen LogP contribution in [-0.2, 0) is 4.74 Å². The zero-order valence-electron chi connectivity index (χ0n) is 24.7. The van der Waals surface area contributed by atoms with Gasteiger partial charge in [0.1, 0.15) is 29.5 Å². The minimum atomic E-state index is 0.0329. The molecule has 0 spiro atoms. The summed E-state index contributed by atoms with van der Waals surface area (Å²) < 4.78 is 24.6. The monoisotopic (exact) mass is 577 g/mol. The molecule has 0 bridgehead atoms. The molecule has 3 heterocycles. The van der Waals surface area contributed by atoms with Gasteiger partial charge in [-0.3, -0.25) is 9.69 Å². The van der Waals surface area contributed by atoms with Crippen molar-refractivity contribution in [1.29, 1.82) is 0 Å². The molecule has 2 aromatic heterocycles. The highest BCUT2D eigenvalue weighted by Gasteiger charge is 2.15. The van der Waals surface area contributed by atoms with Gasteiger partial charge in [0.05, 0.1) is 33.1 Å². The van der Waals surface area contributed by atoms with Crippen LogP contribution < -0.4 is 14.2 Å². The number of pyridine rings is 1. The first-order valence-corrected chi connectivity index (χ1v) is 14.4. The molecular formula is C35H35N3O5. The van der Waals surface area contributed by atoms with Crippen LogP contribution in [0.1, 0.15) is 17.3 Å². The highest BCUT2D eigenvalue weighted by Crippen LogP contribution is 2.35. The molecule has 0 unspecified atom stereocenters. The number of ketones is 1. The Bertz CT molecular complexity index is 1700. The van der Waals surface area contributed by atoms with Gasteiger partial charge in [0.15, 0.2) is 5.78 Å². The van der Waals surface area contributed by atoms with Gasteiger partial charge in [-0.15, -0.1) is 0 Å². The van der Waals surface area contributed by atoms with Gasteiger partial charge in [-0.05, 0) is 66.1 Å². The number of carbonyl (C=O) groups excluding carboxylic acids is 1. The van der Waals surface area contributed by atoms with Gasteiger partial charge in [0.2, 0.25) is 0 Å². The molecule has 220 valence electrons. The lowest BCUT2D eigenvalue weighted by Crippen LogP contribution is -2.38. The number of imidazole rings is 1. The molecule has 0 atom stereocenters. The van der Waals surface area contributed by atoms with Gasteiger partial charge >= 0.3 is 0 Å². The maximum absolute atomic E-state index is 11.9. The summed E-state index contributed by atoms with van der Waals surface area (Å²) in [6.45, 7) is 6.57. The van der Waals surface area contributed by atoms with Crippen molar-refractivity contribution < 1.29 is 23.7 Å². The van der Waals surface area contributed by atoms with E-state index in [0.29, 0.717) is 23.7 Å². The van der Waals surface area contributed by atoms with E-state index in [1.807, 2.05) is 72.9 Å². The zero-order valence-corrected chi connectivity index (χ0v) is 24.7. The normalized spacial score (nSPS) is 13.7.